The SMILES string of the molecule is CCOc1ccc(C(O)CN(CC(F)(F)F)C(C)C)cc1. The first kappa shape index (κ1) is 17.8. The first-order valence-electron chi connectivity index (χ1n) is 6.94. The van der Waals surface area contributed by atoms with Gasteiger partial charge in [0.15, 0.2) is 0 Å². The number of alkyl halides is 3. The molecular formula is C15H22F3NO2. The minimum atomic E-state index is -4.27. The number of hydrogen-bond acceptors (Lipinski definition) is 3. The van der Waals surface area contributed by atoms with Crippen LogP contribution in [-0.4, -0.2) is 41.9 Å². The van der Waals surface area contributed by atoms with Crippen LogP contribution < -0.4 is 4.74 Å². The molecule has 21 heavy (non-hydrogen) atoms. The molecule has 1 N–H and O–H groups in total. The second-order valence-corrected chi connectivity index (χ2v) is 5.16. The Bertz CT molecular complexity index is 418. The van der Waals surface area contributed by atoms with Crippen molar-refractivity contribution in [2.75, 3.05) is 19.7 Å². The number of benzene rings is 1. The van der Waals surface area contributed by atoms with Crippen LogP contribution in [0.2, 0.25) is 0 Å². The van der Waals surface area contributed by atoms with E-state index in [2.05, 4.69) is 0 Å². The summed E-state index contributed by atoms with van der Waals surface area (Å²) in [7, 11) is 0. The summed E-state index contributed by atoms with van der Waals surface area (Å²) in [6.45, 7) is 4.66. The molecule has 0 saturated heterocycles. The quantitative estimate of drug-likeness (QED) is 0.838. The zero-order valence-corrected chi connectivity index (χ0v) is 12.5. The van der Waals surface area contributed by atoms with E-state index in [1.165, 1.54) is 4.90 Å². The zero-order chi connectivity index (χ0) is 16.0. The van der Waals surface area contributed by atoms with Gasteiger partial charge >= 0.3 is 6.18 Å². The Labute approximate surface area is 123 Å². The molecule has 0 amide bonds. The summed E-state index contributed by atoms with van der Waals surface area (Å²) in [6, 6.07) is 6.43. The monoisotopic (exact) mass is 305 g/mol. The number of rotatable bonds is 7. The first-order valence-corrected chi connectivity index (χ1v) is 6.94. The van der Waals surface area contributed by atoms with Crippen LogP contribution in [0.1, 0.15) is 32.4 Å². The summed E-state index contributed by atoms with van der Waals surface area (Å²) in [5.74, 6) is 0.671. The highest BCUT2D eigenvalue weighted by atomic mass is 19.4. The van der Waals surface area contributed by atoms with Crippen LogP contribution in [0, 0.1) is 0 Å². The molecule has 0 aliphatic heterocycles. The van der Waals surface area contributed by atoms with Gasteiger partial charge in [0, 0.05) is 12.6 Å². The Morgan fingerprint density at radius 3 is 2.19 bits per heavy atom. The van der Waals surface area contributed by atoms with Crippen molar-refractivity contribution in [3.05, 3.63) is 29.8 Å². The molecule has 0 saturated carbocycles. The number of aliphatic hydroxyl groups excluding tert-OH is 1. The van der Waals surface area contributed by atoms with Gasteiger partial charge in [-0.05, 0) is 38.5 Å². The van der Waals surface area contributed by atoms with E-state index in [1.54, 1.807) is 38.1 Å². The lowest BCUT2D eigenvalue weighted by atomic mass is 10.1. The first-order chi connectivity index (χ1) is 9.73. The van der Waals surface area contributed by atoms with Crippen molar-refractivity contribution in [2.24, 2.45) is 0 Å². The van der Waals surface area contributed by atoms with Gasteiger partial charge in [0.2, 0.25) is 0 Å². The predicted molar refractivity (Wildman–Crippen MR) is 75.3 cm³/mol. The highest BCUT2D eigenvalue weighted by molar-refractivity contribution is 5.28. The second kappa shape index (κ2) is 7.66. The Hall–Kier alpha value is -1.27. The maximum absolute atomic E-state index is 12.5. The van der Waals surface area contributed by atoms with Crippen LogP contribution in [0.4, 0.5) is 13.2 Å². The predicted octanol–water partition coefficient (Wildman–Crippen LogP) is 3.39. The number of ether oxygens (including phenoxy) is 1. The topological polar surface area (TPSA) is 32.7 Å². The Kier molecular flexibility index (Phi) is 6.48. The number of hydrogen-bond donors (Lipinski definition) is 1. The van der Waals surface area contributed by atoms with Gasteiger partial charge in [-0.1, -0.05) is 12.1 Å². The van der Waals surface area contributed by atoms with E-state index in [0.29, 0.717) is 17.9 Å². The average molecular weight is 305 g/mol. The van der Waals surface area contributed by atoms with E-state index in [1.807, 2.05) is 6.92 Å². The van der Waals surface area contributed by atoms with Crippen LogP contribution in [0.15, 0.2) is 24.3 Å². The number of nitrogens with zero attached hydrogens (tertiary/aromatic N) is 1. The van der Waals surface area contributed by atoms with Crippen LogP contribution in [0.25, 0.3) is 0 Å². The van der Waals surface area contributed by atoms with Gasteiger partial charge in [-0.25, -0.2) is 0 Å². The molecule has 0 aliphatic carbocycles. The van der Waals surface area contributed by atoms with Crippen LogP contribution in [0.3, 0.4) is 0 Å². The lowest BCUT2D eigenvalue weighted by molar-refractivity contribution is -0.152. The lowest BCUT2D eigenvalue weighted by Crippen LogP contribution is -2.41. The van der Waals surface area contributed by atoms with Crippen LogP contribution >= 0.6 is 0 Å². The highest BCUT2D eigenvalue weighted by Crippen LogP contribution is 2.23. The van der Waals surface area contributed by atoms with Crippen molar-refractivity contribution in [2.45, 2.75) is 39.1 Å². The molecule has 1 aromatic rings. The zero-order valence-electron chi connectivity index (χ0n) is 12.5. The maximum Gasteiger partial charge on any atom is 0.401 e. The van der Waals surface area contributed by atoms with Crippen molar-refractivity contribution < 1.29 is 23.0 Å². The Balaban J connectivity index is 2.70. The summed E-state index contributed by atoms with van der Waals surface area (Å²) in [6.07, 6.45) is -5.24. The third-order valence-electron chi connectivity index (χ3n) is 3.10. The summed E-state index contributed by atoms with van der Waals surface area (Å²) in [5.41, 5.74) is 0.575. The third-order valence-corrected chi connectivity index (χ3v) is 3.10. The van der Waals surface area contributed by atoms with Gasteiger partial charge in [-0.2, -0.15) is 13.2 Å². The fourth-order valence-corrected chi connectivity index (χ4v) is 1.97. The van der Waals surface area contributed by atoms with Crippen molar-refractivity contribution in [3.63, 3.8) is 0 Å². The normalized spacial score (nSPS) is 13.8. The van der Waals surface area contributed by atoms with Gasteiger partial charge in [0.05, 0.1) is 19.3 Å². The fourth-order valence-electron chi connectivity index (χ4n) is 1.97. The molecule has 1 rings (SSSR count). The molecule has 1 atom stereocenters. The molecule has 6 heteroatoms. The van der Waals surface area contributed by atoms with Crippen LogP contribution in [-0.2, 0) is 0 Å². The lowest BCUT2D eigenvalue weighted by Gasteiger charge is -2.29. The van der Waals surface area contributed by atoms with Gasteiger partial charge in [-0.15, -0.1) is 0 Å². The molecule has 0 spiro atoms. The largest absolute Gasteiger partial charge is 0.494 e. The molecule has 1 unspecified atom stereocenters. The molecule has 1 aromatic carbocycles. The average Bonchev–Trinajstić information content (AvgIpc) is 2.37. The van der Waals surface area contributed by atoms with Crippen molar-refractivity contribution >= 4 is 0 Å². The molecule has 0 aliphatic rings. The third kappa shape index (κ3) is 6.35. The number of halogens is 3. The van der Waals surface area contributed by atoms with Gasteiger partial charge in [0.25, 0.3) is 0 Å². The highest BCUT2D eigenvalue weighted by Gasteiger charge is 2.32. The van der Waals surface area contributed by atoms with Crippen molar-refractivity contribution in [1.82, 2.24) is 4.90 Å². The van der Waals surface area contributed by atoms with Gasteiger partial charge < -0.3 is 9.84 Å². The van der Waals surface area contributed by atoms with E-state index in [-0.39, 0.29) is 12.6 Å². The molecular weight excluding hydrogens is 283 g/mol. The van der Waals surface area contributed by atoms with Crippen LogP contribution in [0.5, 0.6) is 5.75 Å². The van der Waals surface area contributed by atoms with Crippen molar-refractivity contribution in [1.29, 1.82) is 0 Å². The molecule has 0 heterocycles. The maximum atomic E-state index is 12.5. The molecule has 0 radical (unpaired) electrons. The van der Waals surface area contributed by atoms with E-state index < -0.39 is 18.8 Å². The van der Waals surface area contributed by atoms with E-state index in [0.717, 1.165) is 0 Å². The van der Waals surface area contributed by atoms with E-state index in [9.17, 15) is 18.3 Å². The molecule has 3 nitrogen and oxygen atoms in total. The summed E-state index contributed by atoms with van der Waals surface area (Å²) in [5, 5.41) is 10.1. The molecule has 0 aromatic heterocycles. The summed E-state index contributed by atoms with van der Waals surface area (Å²) < 4.78 is 42.8. The Morgan fingerprint density at radius 1 is 1.19 bits per heavy atom. The van der Waals surface area contributed by atoms with E-state index in [4.69, 9.17) is 4.74 Å². The minimum Gasteiger partial charge on any atom is -0.494 e. The summed E-state index contributed by atoms with van der Waals surface area (Å²) in [4.78, 5) is 1.21. The van der Waals surface area contributed by atoms with Crippen molar-refractivity contribution in [3.8, 4) is 5.75 Å². The van der Waals surface area contributed by atoms with E-state index >= 15 is 0 Å². The summed E-state index contributed by atoms with van der Waals surface area (Å²) >= 11 is 0. The molecule has 0 fully saturated rings. The second-order valence-electron chi connectivity index (χ2n) is 5.16. The number of aliphatic hydroxyl groups is 1. The Morgan fingerprint density at radius 2 is 1.76 bits per heavy atom. The standard InChI is InChI=1S/C15H22F3NO2/c1-4-21-13-7-5-12(6-8-13)14(20)9-19(11(2)3)10-15(16,17)18/h5-8,11,14,20H,4,9-10H2,1-3H3. The van der Waals surface area contributed by atoms with Gasteiger partial charge in [0.1, 0.15) is 5.75 Å². The van der Waals surface area contributed by atoms with Gasteiger partial charge in [-0.3, -0.25) is 4.90 Å². The smallest absolute Gasteiger partial charge is 0.401 e. The molecule has 0 bridgehead atoms. The minimum absolute atomic E-state index is 0.0643. The molecule has 120 valence electrons. The fraction of sp³-hybridized carbons (Fsp3) is 0.600.